The van der Waals surface area contributed by atoms with Gasteiger partial charge in [-0.25, -0.2) is 9.37 Å². The standard InChI is InChI=1S/C21H19FN4O2/c1-14(28-18-8-6-15(13-23)7-9-18)21(27)25-19(20-24-10-11-26(20)2)16-4-3-5-17(22)12-16/h3-12,14,19H,1-2H3,(H,25,27)/t14-,19-/m0/s1. The monoisotopic (exact) mass is 378 g/mol. The van der Waals surface area contributed by atoms with Crippen LogP contribution in [-0.2, 0) is 11.8 Å². The lowest BCUT2D eigenvalue weighted by Crippen LogP contribution is -2.39. The van der Waals surface area contributed by atoms with Gasteiger partial charge < -0.3 is 14.6 Å². The van der Waals surface area contributed by atoms with E-state index < -0.39 is 18.0 Å². The average molecular weight is 378 g/mol. The van der Waals surface area contributed by atoms with Crippen LogP contribution in [0.5, 0.6) is 5.75 Å². The molecule has 2 atom stereocenters. The predicted octanol–water partition coefficient (Wildman–Crippen LogP) is 3.10. The predicted molar refractivity (Wildman–Crippen MR) is 101 cm³/mol. The van der Waals surface area contributed by atoms with Gasteiger partial charge in [0.25, 0.3) is 5.91 Å². The molecule has 6 nitrogen and oxygen atoms in total. The molecule has 0 aliphatic rings. The molecule has 7 heteroatoms. The maximum atomic E-state index is 13.7. The molecular weight excluding hydrogens is 359 g/mol. The number of rotatable bonds is 6. The number of carbonyl (C=O) groups is 1. The average Bonchev–Trinajstić information content (AvgIpc) is 3.12. The Labute approximate surface area is 162 Å². The number of carbonyl (C=O) groups excluding carboxylic acids is 1. The van der Waals surface area contributed by atoms with Crippen molar-refractivity contribution in [2.75, 3.05) is 0 Å². The number of nitrogens with one attached hydrogen (secondary N) is 1. The lowest BCUT2D eigenvalue weighted by molar-refractivity contribution is -0.127. The Morgan fingerprint density at radius 2 is 2.04 bits per heavy atom. The quantitative estimate of drug-likeness (QED) is 0.715. The highest BCUT2D eigenvalue weighted by Gasteiger charge is 2.24. The highest BCUT2D eigenvalue weighted by atomic mass is 19.1. The number of benzene rings is 2. The number of hydrogen-bond acceptors (Lipinski definition) is 4. The lowest BCUT2D eigenvalue weighted by atomic mass is 10.1. The Kier molecular flexibility index (Phi) is 5.70. The van der Waals surface area contributed by atoms with Crippen LogP contribution in [0.3, 0.4) is 0 Å². The van der Waals surface area contributed by atoms with Crippen molar-refractivity contribution in [2.45, 2.75) is 19.1 Å². The molecular formula is C21H19FN4O2. The fourth-order valence-corrected chi connectivity index (χ4v) is 2.76. The molecule has 0 saturated heterocycles. The minimum Gasteiger partial charge on any atom is -0.481 e. The topological polar surface area (TPSA) is 79.9 Å². The summed E-state index contributed by atoms with van der Waals surface area (Å²) in [5, 5.41) is 11.7. The molecule has 0 fully saturated rings. The molecule has 0 spiro atoms. The van der Waals surface area contributed by atoms with Crippen LogP contribution in [0, 0.1) is 17.1 Å². The zero-order chi connectivity index (χ0) is 20.1. The molecule has 0 unspecified atom stereocenters. The van der Waals surface area contributed by atoms with Crippen molar-refractivity contribution >= 4 is 5.91 Å². The van der Waals surface area contributed by atoms with Gasteiger partial charge in [-0.2, -0.15) is 5.26 Å². The van der Waals surface area contributed by atoms with Gasteiger partial charge in [0.2, 0.25) is 0 Å². The molecule has 142 valence electrons. The molecule has 1 amide bonds. The summed E-state index contributed by atoms with van der Waals surface area (Å²) in [7, 11) is 1.80. The van der Waals surface area contributed by atoms with Crippen LogP contribution in [0.1, 0.15) is 29.9 Å². The lowest BCUT2D eigenvalue weighted by Gasteiger charge is -2.22. The van der Waals surface area contributed by atoms with Gasteiger partial charge in [-0.05, 0) is 48.9 Å². The number of hydrogen-bond donors (Lipinski definition) is 1. The highest BCUT2D eigenvalue weighted by molar-refractivity contribution is 5.81. The van der Waals surface area contributed by atoms with Crippen LogP contribution in [0.15, 0.2) is 60.9 Å². The number of aryl methyl sites for hydroxylation is 1. The molecule has 0 saturated carbocycles. The van der Waals surface area contributed by atoms with Crippen LogP contribution in [0.2, 0.25) is 0 Å². The van der Waals surface area contributed by atoms with Crippen molar-refractivity contribution in [2.24, 2.45) is 7.05 Å². The van der Waals surface area contributed by atoms with Crippen molar-refractivity contribution in [3.63, 3.8) is 0 Å². The van der Waals surface area contributed by atoms with E-state index in [1.807, 2.05) is 6.07 Å². The number of halogens is 1. The first-order valence-electron chi connectivity index (χ1n) is 8.68. The van der Waals surface area contributed by atoms with Crippen molar-refractivity contribution in [3.8, 4) is 11.8 Å². The second-order valence-corrected chi connectivity index (χ2v) is 6.29. The van der Waals surface area contributed by atoms with Gasteiger partial charge in [0, 0.05) is 19.4 Å². The second kappa shape index (κ2) is 8.35. The third kappa shape index (κ3) is 4.35. The summed E-state index contributed by atoms with van der Waals surface area (Å²) in [6.45, 7) is 1.62. The fraction of sp³-hybridized carbons (Fsp3) is 0.190. The Morgan fingerprint density at radius 3 is 2.64 bits per heavy atom. The maximum Gasteiger partial charge on any atom is 0.261 e. The van der Waals surface area contributed by atoms with E-state index in [9.17, 15) is 9.18 Å². The van der Waals surface area contributed by atoms with E-state index in [0.717, 1.165) is 0 Å². The molecule has 1 aromatic heterocycles. The summed E-state index contributed by atoms with van der Waals surface area (Å²) >= 11 is 0. The molecule has 3 rings (SSSR count). The molecule has 3 aromatic rings. The molecule has 0 aliphatic heterocycles. The first-order chi connectivity index (χ1) is 13.5. The molecule has 0 radical (unpaired) electrons. The molecule has 2 aromatic carbocycles. The molecule has 0 bridgehead atoms. The second-order valence-electron chi connectivity index (χ2n) is 6.29. The Hall–Kier alpha value is -3.66. The van der Waals surface area contributed by atoms with E-state index in [0.29, 0.717) is 22.7 Å². The maximum absolute atomic E-state index is 13.7. The third-order valence-electron chi connectivity index (χ3n) is 4.25. The Morgan fingerprint density at radius 1 is 1.29 bits per heavy atom. The number of amides is 1. The van der Waals surface area contributed by atoms with E-state index in [2.05, 4.69) is 10.3 Å². The number of nitriles is 1. The van der Waals surface area contributed by atoms with Crippen molar-refractivity contribution in [1.29, 1.82) is 5.26 Å². The van der Waals surface area contributed by atoms with Crippen LogP contribution in [0.4, 0.5) is 4.39 Å². The van der Waals surface area contributed by atoms with E-state index >= 15 is 0 Å². The number of ether oxygens (including phenoxy) is 1. The number of aromatic nitrogens is 2. The zero-order valence-corrected chi connectivity index (χ0v) is 15.5. The molecule has 1 N–H and O–H groups in total. The van der Waals surface area contributed by atoms with Gasteiger partial charge in [0.1, 0.15) is 23.4 Å². The van der Waals surface area contributed by atoms with Crippen LogP contribution >= 0.6 is 0 Å². The largest absolute Gasteiger partial charge is 0.481 e. The fourth-order valence-electron chi connectivity index (χ4n) is 2.76. The van der Waals surface area contributed by atoms with Crippen LogP contribution < -0.4 is 10.1 Å². The van der Waals surface area contributed by atoms with Gasteiger partial charge in [-0.3, -0.25) is 4.79 Å². The van der Waals surface area contributed by atoms with Crippen molar-refractivity contribution in [1.82, 2.24) is 14.9 Å². The summed E-state index contributed by atoms with van der Waals surface area (Å²) in [5.74, 6) is 0.278. The van der Waals surface area contributed by atoms with E-state index in [1.165, 1.54) is 12.1 Å². The van der Waals surface area contributed by atoms with E-state index in [1.54, 1.807) is 67.3 Å². The summed E-state index contributed by atoms with van der Waals surface area (Å²) in [4.78, 5) is 17.0. The van der Waals surface area contributed by atoms with Gasteiger partial charge >= 0.3 is 0 Å². The Bertz CT molecular complexity index is 1010. The van der Waals surface area contributed by atoms with Crippen LogP contribution in [-0.4, -0.2) is 21.6 Å². The molecule has 28 heavy (non-hydrogen) atoms. The van der Waals surface area contributed by atoms with Gasteiger partial charge in [0.15, 0.2) is 6.10 Å². The number of imidazole rings is 1. The normalized spacial score (nSPS) is 12.6. The smallest absolute Gasteiger partial charge is 0.261 e. The molecule has 0 aliphatic carbocycles. The summed E-state index contributed by atoms with van der Waals surface area (Å²) < 4.78 is 21.2. The van der Waals surface area contributed by atoms with E-state index in [-0.39, 0.29) is 5.91 Å². The SMILES string of the molecule is C[C@H](Oc1ccc(C#N)cc1)C(=O)N[C@@H](c1cccc(F)c1)c1nccn1C. The van der Waals surface area contributed by atoms with Gasteiger partial charge in [-0.15, -0.1) is 0 Å². The third-order valence-corrected chi connectivity index (χ3v) is 4.25. The van der Waals surface area contributed by atoms with Gasteiger partial charge in [-0.1, -0.05) is 12.1 Å². The minimum atomic E-state index is -0.802. The number of nitrogens with zero attached hydrogens (tertiary/aromatic N) is 3. The highest BCUT2D eigenvalue weighted by Crippen LogP contribution is 2.22. The first-order valence-corrected chi connectivity index (χ1v) is 8.68. The van der Waals surface area contributed by atoms with Crippen LogP contribution in [0.25, 0.3) is 0 Å². The van der Waals surface area contributed by atoms with E-state index in [4.69, 9.17) is 10.00 Å². The van der Waals surface area contributed by atoms with Gasteiger partial charge in [0.05, 0.1) is 11.6 Å². The van der Waals surface area contributed by atoms with Crippen molar-refractivity contribution in [3.05, 3.63) is 83.7 Å². The summed E-state index contributed by atoms with van der Waals surface area (Å²) in [5.41, 5.74) is 1.08. The summed E-state index contributed by atoms with van der Waals surface area (Å²) in [6.07, 6.45) is 2.57. The minimum absolute atomic E-state index is 0.373. The first kappa shape index (κ1) is 19.1. The summed E-state index contributed by atoms with van der Waals surface area (Å²) in [6, 6.07) is 13.9. The van der Waals surface area contributed by atoms with Crippen molar-refractivity contribution < 1.29 is 13.9 Å². The zero-order valence-electron chi connectivity index (χ0n) is 15.5. The Balaban J connectivity index is 1.78. The molecule has 1 heterocycles.